The molecule has 0 saturated carbocycles. The summed E-state index contributed by atoms with van der Waals surface area (Å²) in [5.74, 6) is 2.51. The second kappa shape index (κ2) is 8.39. The first-order chi connectivity index (χ1) is 13.7. The number of aliphatic hydroxyl groups excluding tert-OH is 1. The van der Waals surface area contributed by atoms with Gasteiger partial charge in [0.25, 0.3) is 0 Å². The van der Waals surface area contributed by atoms with E-state index < -0.39 is 0 Å². The van der Waals surface area contributed by atoms with Gasteiger partial charge in [-0.1, -0.05) is 25.6 Å². The Hall–Kier alpha value is -2.28. The summed E-state index contributed by atoms with van der Waals surface area (Å²) in [5.41, 5.74) is 4.18. The van der Waals surface area contributed by atoms with Crippen LogP contribution in [-0.2, 0) is 11.2 Å². The molecule has 2 aromatic rings. The lowest BCUT2D eigenvalue weighted by Gasteiger charge is -2.32. The first-order valence-corrected chi connectivity index (χ1v) is 10.5. The molecule has 0 spiro atoms. The number of hydrogen-bond donors (Lipinski definition) is 1. The minimum atomic E-state index is -0.00211. The van der Waals surface area contributed by atoms with Gasteiger partial charge in [-0.05, 0) is 29.2 Å². The number of allylic oxidation sites excluding steroid dienone is 2. The SMILES string of the molecule is C=C1C=C(N2CCOCC2)Oc2c(-c3ccc(CC)c(OCCO)c3)csc21. The van der Waals surface area contributed by atoms with Crippen molar-refractivity contribution in [3.8, 4) is 22.6 Å². The number of ether oxygens (including phenoxy) is 3. The summed E-state index contributed by atoms with van der Waals surface area (Å²) in [6.07, 6.45) is 2.89. The van der Waals surface area contributed by atoms with E-state index in [1.807, 2.05) is 12.1 Å². The molecule has 4 rings (SSSR count). The highest BCUT2D eigenvalue weighted by molar-refractivity contribution is 7.12. The molecule has 0 amide bonds. The van der Waals surface area contributed by atoms with Gasteiger partial charge in [0.15, 0.2) is 11.6 Å². The van der Waals surface area contributed by atoms with Crippen LogP contribution in [0.3, 0.4) is 0 Å². The monoisotopic (exact) mass is 399 g/mol. The number of aliphatic hydroxyl groups is 1. The molecule has 0 aliphatic carbocycles. The van der Waals surface area contributed by atoms with Gasteiger partial charge in [0.2, 0.25) is 0 Å². The minimum Gasteiger partial charge on any atom is -0.491 e. The molecule has 1 fully saturated rings. The van der Waals surface area contributed by atoms with Crippen molar-refractivity contribution in [1.82, 2.24) is 4.90 Å². The number of thiophene rings is 1. The number of morpholine rings is 1. The maximum atomic E-state index is 9.11. The highest BCUT2D eigenvalue weighted by Crippen LogP contribution is 2.46. The molecule has 5 nitrogen and oxygen atoms in total. The predicted molar refractivity (Wildman–Crippen MR) is 112 cm³/mol. The number of hydrogen-bond acceptors (Lipinski definition) is 6. The third-order valence-electron chi connectivity index (χ3n) is 4.97. The molecular formula is C22H25NO4S. The normalized spacial score (nSPS) is 16.4. The largest absolute Gasteiger partial charge is 0.491 e. The average molecular weight is 400 g/mol. The Kier molecular flexibility index (Phi) is 5.71. The van der Waals surface area contributed by atoms with E-state index in [9.17, 15) is 0 Å². The third kappa shape index (κ3) is 3.68. The van der Waals surface area contributed by atoms with Crippen molar-refractivity contribution in [2.45, 2.75) is 13.3 Å². The third-order valence-corrected chi connectivity index (χ3v) is 6.01. The summed E-state index contributed by atoms with van der Waals surface area (Å²) in [7, 11) is 0. The molecule has 28 heavy (non-hydrogen) atoms. The second-order valence-electron chi connectivity index (χ2n) is 6.77. The van der Waals surface area contributed by atoms with Crippen LogP contribution in [0.15, 0.2) is 42.1 Å². The number of fused-ring (bicyclic) bond motifs is 1. The van der Waals surface area contributed by atoms with Crippen LogP contribution in [0.2, 0.25) is 0 Å². The predicted octanol–water partition coefficient (Wildman–Crippen LogP) is 3.93. The van der Waals surface area contributed by atoms with Crippen molar-refractivity contribution in [2.24, 2.45) is 0 Å². The molecule has 2 aliphatic rings. The van der Waals surface area contributed by atoms with E-state index in [-0.39, 0.29) is 13.2 Å². The molecule has 1 aromatic carbocycles. The maximum Gasteiger partial charge on any atom is 0.196 e. The van der Waals surface area contributed by atoms with Crippen LogP contribution in [0.1, 0.15) is 17.4 Å². The molecular weight excluding hydrogens is 374 g/mol. The van der Waals surface area contributed by atoms with E-state index in [2.05, 4.69) is 35.9 Å². The zero-order valence-electron chi connectivity index (χ0n) is 16.1. The molecule has 1 saturated heterocycles. The molecule has 1 N–H and O–H groups in total. The summed E-state index contributed by atoms with van der Waals surface area (Å²) in [5, 5.41) is 11.2. The Morgan fingerprint density at radius 3 is 2.86 bits per heavy atom. The highest BCUT2D eigenvalue weighted by atomic mass is 32.1. The molecule has 2 aliphatic heterocycles. The van der Waals surface area contributed by atoms with E-state index in [0.717, 1.165) is 64.0 Å². The van der Waals surface area contributed by atoms with Crippen LogP contribution in [0.4, 0.5) is 0 Å². The molecule has 6 heteroatoms. The van der Waals surface area contributed by atoms with Crippen LogP contribution >= 0.6 is 11.3 Å². The van der Waals surface area contributed by atoms with Crippen LogP contribution in [0.25, 0.3) is 16.7 Å². The van der Waals surface area contributed by atoms with Crippen molar-refractivity contribution >= 4 is 16.9 Å². The van der Waals surface area contributed by atoms with Gasteiger partial charge < -0.3 is 24.2 Å². The van der Waals surface area contributed by atoms with Crippen LogP contribution < -0.4 is 9.47 Å². The molecule has 0 atom stereocenters. The Labute approximate surface area is 169 Å². The van der Waals surface area contributed by atoms with Crippen LogP contribution in [0.5, 0.6) is 11.5 Å². The average Bonchev–Trinajstić information content (AvgIpc) is 3.17. The fourth-order valence-corrected chi connectivity index (χ4v) is 4.41. The van der Waals surface area contributed by atoms with Gasteiger partial charge >= 0.3 is 0 Å². The van der Waals surface area contributed by atoms with Crippen molar-refractivity contribution in [3.63, 3.8) is 0 Å². The van der Waals surface area contributed by atoms with Gasteiger partial charge in [-0.25, -0.2) is 0 Å². The van der Waals surface area contributed by atoms with Crippen LogP contribution in [0, 0.1) is 0 Å². The molecule has 1 aromatic heterocycles. The van der Waals surface area contributed by atoms with Crippen LogP contribution in [-0.4, -0.2) is 49.5 Å². The molecule has 0 bridgehead atoms. The maximum absolute atomic E-state index is 9.11. The van der Waals surface area contributed by atoms with Crippen molar-refractivity contribution in [2.75, 3.05) is 39.5 Å². The highest BCUT2D eigenvalue weighted by Gasteiger charge is 2.26. The number of benzene rings is 1. The van der Waals surface area contributed by atoms with E-state index in [4.69, 9.17) is 19.3 Å². The van der Waals surface area contributed by atoms with E-state index in [0.29, 0.717) is 13.2 Å². The number of rotatable bonds is 6. The number of nitrogens with zero attached hydrogens (tertiary/aromatic N) is 1. The van der Waals surface area contributed by atoms with E-state index in [1.54, 1.807) is 11.3 Å². The second-order valence-corrected chi connectivity index (χ2v) is 7.64. The lowest BCUT2D eigenvalue weighted by molar-refractivity contribution is 0.0348. The smallest absolute Gasteiger partial charge is 0.196 e. The Balaban J connectivity index is 1.66. The molecule has 3 heterocycles. The van der Waals surface area contributed by atoms with E-state index in [1.165, 1.54) is 0 Å². The van der Waals surface area contributed by atoms with E-state index >= 15 is 0 Å². The summed E-state index contributed by atoms with van der Waals surface area (Å²) < 4.78 is 17.6. The summed E-state index contributed by atoms with van der Waals surface area (Å²) in [6.45, 7) is 9.67. The standard InChI is InChI=1S/C22H25NO4S/c1-3-16-4-5-17(13-19(16)26-11-8-24)18-14-28-22-15(2)12-20(27-21(18)22)23-6-9-25-10-7-23/h4-5,12-14,24H,2-3,6-11H2,1H3. The quantitative estimate of drug-likeness (QED) is 0.798. The van der Waals surface area contributed by atoms with Gasteiger partial charge in [-0.3, -0.25) is 0 Å². The summed E-state index contributed by atoms with van der Waals surface area (Å²) in [6, 6.07) is 6.23. The Morgan fingerprint density at radius 1 is 1.29 bits per heavy atom. The van der Waals surface area contributed by atoms with Crippen molar-refractivity contribution in [1.29, 1.82) is 0 Å². The zero-order chi connectivity index (χ0) is 19.5. The summed E-state index contributed by atoms with van der Waals surface area (Å²) in [4.78, 5) is 3.26. The van der Waals surface area contributed by atoms with Gasteiger partial charge in [-0.15, -0.1) is 11.3 Å². The van der Waals surface area contributed by atoms with Gasteiger partial charge in [0.05, 0.1) is 24.7 Å². The van der Waals surface area contributed by atoms with Gasteiger partial charge in [-0.2, -0.15) is 0 Å². The lowest BCUT2D eigenvalue weighted by atomic mass is 10.0. The van der Waals surface area contributed by atoms with Gasteiger partial charge in [0, 0.05) is 30.1 Å². The van der Waals surface area contributed by atoms with Crippen molar-refractivity contribution < 1.29 is 19.3 Å². The first-order valence-electron chi connectivity index (χ1n) is 9.61. The van der Waals surface area contributed by atoms with Crippen molar-refractivity contribution in [3.05, 3.63) is 52.6 Å². The topological polar surface area (TPSA) is 51.2 Å². The zero-order valence-corrected chi connectivity index (χ0v) is 16.9. The molecule has 0 unspecified atom stereocenters. The number of aryl methyl sites for hydroxylation is 1. The fourth-order valence-electron chi connectivity index (χ4n) is 3.46. The molecule has 0 radical (unpaired) electrons. The summed E-state index contributed by atoms with van der Waals surface area (Å²) >= 11 is 1.64. The minimum absolute atomic E-state index is 0.00211. The Morgan fingerprint density at radius 2 is 2.11 bits per heavy atom. The fraction of sp³-hybridized carbons (Fsp3) is 0.364. The molecule has 148 valence electrons. The Bertz CT molecular complexity index is 896. The first kappa shape index (κ1) is 19.1. The lowest BCUT2D eigenvalue weighted by Crippen LogP contribution is -2.37. The van der Waals surface area contributed by atoms with Gasteiger partial charge in [0.1, 0.15) is 12.4 Å².